The molecule has 4 amide bonds. The first-order valence-corrected chi connectivity index (χ1v) is 21.2. The molecule has 310 valence electrons. The molecule has 2 saturated carbocycles. The molecule has 4 heterocycles. The highest BCUT2D eigenvalue weighted by Gasteiger charge is 2.64. The number of pyridine rings is 1. The van der Waals surface area contributed by atoms with Crippen LogP contribution in [0.3, 0.4) is 0 Å². The first-order chi connectivity index (χ1) is 27.1. The summed E-state index contributed by atoms with van der Waals surface area (Å²) in [5.74, 6) is -2.24. The van der Waals surface area contributed by atoms with E-state index < -0.39 is 86.4 Å². The number of sulfonamides is 1. The third kappa shape index (κ3) is 8.14. The van der Waals surface area contributed by atoms with E-state index in [4.69, 9.17) is 18.9 Å². The van der Waals surface area contributed by atoms with Gasteiger partial charge < -0.3 is 34.5 Å². The van der Waals surface area contributed by atoms with Crippen molar-refractivity contribution in [1.82, 2.24) is 25.2 Å². The second-order valence-corrected chi connectivity index (χ2v) is 18.8. The molecule has 0 radical (unpaired) electrons. The Morgan fingerprint density at radius 2 is 1.88 bits per heavy atom. The van der Waals surface area contributed by atoms with Crippen LogP contribution >= 0.6 is 0 Å². The number of hydrogen-bond donors (Lipinski definition) is 3. The summed E-state index contributed by atoms with van der Waals surface area (Å²) < 4.78 is 63.9. The van der Waals surface area contributed by atoms with E-state index in [0.29, 0.717) is 37.0 Å². The number of carbonyl (C=O) groups excluding carboxylic acids is 4. The minimum atomic E-state index is -4.39. The number of amides is 4. The van der Waals surface area contributed by atoms with Crippen LogP contribution in [0.25, 0.3) is 10.8 Å². The molecule has 15 nitrogen and oxygen atoms in total. The van der Waals surface area contributed by atoms with Crippen LogP contribution < -0.4 is 24.8 Å². The number of halogens is 1. The van der Waals surface area contributed by atoms with Crippen LogP contribution in [-0.4, -0.2) is 110 Å². The zero-order chi connectivity index (χ0) is 40.8. The van der Waals surface area contributed by atoms with Crippen LogP contribution in [-0.2, 0) is 33.9 Å². The maximum atomic E-state index is 14.9. The maximum absolute atomic E-state index is 14.9. The summed E-state index contributed by atoms with van der Waals surface area (Å²) >= 11 is 0. The van der Waals surface area contributed by atoms with Crippen LogP contribution in [0.4, 0.5) is 9.18 Å². The lowest BCUT2D eigenvalue weighted by molar-refractivity contribution is -0.142. The molecule has 17 heteroatoms. The number of alkyl halides is 1. The molecule has 2 aromatic rings. The fraction of sp³-hybridized carbons (Fsp3) is 0.625. The Bertz CT molecular complexity index is 2040. The van der Waals surface area contributed by atoms with Crippen LogP contribution in [0.5, 0.6) is 11.6 Å². The van der Waals surface area contributed by atoms with Gasteiger partial charge >= 0.3 is 6.09 Å². The third-order valence-corrected chi connectivity index (χ3v) is 14.4. The average molecular weight is 814 g/mol. The quantitative estimate of drug-likeness (QED) is 0.313. The number of fused-ring (bicyclic) bond motifs is 3. The van der Waals surface area contributed by atoms with Crippen LogP contribution in [0, 0.1) is 17.8 Å². The molecular weight excluding hydrogens is 762 g/mol. The lowest BCUT2D eigenvalue weighted by Gasteiger charge is -2.33. The molecule has 1 aromatic carbocycles. The highest BCUT2D eigenvalue weighted by molar-refractivity contribution is 7.91. The molecule has 3 aliphatic heterocycles. The molecule has 2 unspecified atom stereocenters. The summed E-state index contributed by atoms with van der Waals surface area (Å²) in [6, 6.07) is 5.05. The highest BCUT2D eigenvalue weighted by atomic mass is 32.2. The Balaban J connectivity index is 1.22. The van der Waals surface area contributed by atoms with Crippen LogP contribution in [0.15, 0.2) is 42.6 Å². The van der Waals surface area contributed by atoms with Gasteiger partial charge in [-0.2, -0.15) is 0 Å². The molecule has 1 aromatic heterocycles. The summed E-state index contributed by atoms with van der Waals surface area (Å²) in [4.78, 5) is 62.7. The third-order valence-electron chi connectivity index (χ3n) is 12.3. The Hall–Kier alpha value is -4.51. The topological polar surface area (TPSA) is 192 Å². The number of nitrogens with zero attached hydrogens (tertiary/aromatic N) is 2. The van der Waals surface area contributed by atoms with Gasteiger partial charge in [-0.05, 0) is 63.4 Å². The molecule has 4 fully saturated rings. The molecule has 7 rings (SSSR count). The van der Waals surface area contributed by atoms with E-state index in [1.54, 1.807) is 6.92 Å². The van der Waals surface area contributed by atoms with Gasteiger partial charge in [0.1, 0.15) is 46.5 Å². The van der Waals surface area contributed by atoms with E-state index in [1.165, 1.54) is 18.2 Å². The second kappa shape index (κ2) is 15.7. The van der Waals surface area contributed by atoms with Crippen molar-refractivity contribution in [2.75, 3.05) is 33.5 Å². The molecule has 8 atom stereocenters. The molecular formula is C40H52FN5O10S. The highest BCUT2D eigenvalue weighted by Crippen LogP contribution is 2.48. The number of carbonyl (C=O) groups is 4. The summed E-state index contributed by atoms with van der Waals surface area (Å²) in [6.07, 6.45) is 6.34. The monoisotopic (exact) mass is 813 g/mol. The van der Waals surface area contributed by atoms with Gasteiger partial charge in [0.05, 0.1) is 33.1 Å². The van der Waals surface area contributed by atoms with Gasteiger partial charge in [0.15, 0.2) is 0 Å². The minimum Gasteiger partial charge on any atom is -0.494 e. The average Bonchev–Trinajstić information content (AvgIpc) is 4.03. The van der Waals surface area contributed by atoms with Crippen molar-refractivity contribution in [2.24, 2.45) is 17.8 Å². The Morgan fingerprint density at radius 1 is 1.12 bits per heavy atom. The number of hydrogen-bond acceptors (Lipinski definition) is 11. The smallest absolute Gasteiger partial charge is 0.408 e. The molecule has 2 saturated heterocycles. The number of methoxy groups -OCH3 is 1. The number of allylic oxidation sites excluding steroid dienone is 1. The van der Waals surface area contributed by atoms with Crippen molar-refractivity contribution >= 4 is 44.6 Å². The summed E-state index contributed by atoms with van der Waals surface area (Å²) in [6.45, 7) is 5.13. The van der Waals surface area contributed by atoms with E-state index in [2.05, 4.69) is 27.3 Å². The zero-order valence-electron chi connectivity index (χ0n) is 32.8. The number of alkyl carbamates (subject to hydrolysis) is 1. The summed E-state index contributed by atoms with van der Waals surface area (Å²) in [5.41, 5.74) is -2.53. The molecule has 0 spiro atoms. The van der Waals surface area contributed by atoms with Gasteiger partial charge in [0.2, 0.25) is 27.7 Å². The van der Waals surface area contributed by atoms with Gasteiger partial charge in [-0.25, -0.2) is 22.6 Å². The van der Waals surface area contributed by atoms with Gasteiger partial charge in [0, 0.05) is 29.5 Å². The van der Waals surface area contributed by atoms with Crippen molar-refractivity contribution in [2.45, 2.75) is 106 Å². The fourth-order valence-electron chi connectivity index (χ4n) is 8.42. The summed E-state index contributed by atoms with van der Waals surface area (Å²) in [7, 11) is -2.85. The van der Waals surface area contributed by atoms with Gasteiger partial charge in [-0.1, -0.05) is 44.2 Å². The lowest BCUT2D eigenvalue weighted by Crippen LogP contribution is -2.59. The first-order valence-electron chi connectivity index (χ1n) is 19.7. The predicted molar refractivity (Wildman–Crippen MR) is 205 cm³/mol. The number of rotatable bonds is 9. The lowest BCUT2D eigenvalue weighted by atomic mass is 9.88. The SMILES string of the molecule is COc1cnc(O[C@@H]2C[C@H]3C(=O)N[C@]4(C(=O)NS(=O)(=O)C5(CF)CC5)C[C@H]4/C=C\CC[C@@H](C)C[C@@H](C)C(NC(=O)OC4(C)CCOC4)C(=O)N3C2)c2ccccc12. The fourth-order valence-corrected chi connectivity index (χ4v) is 9.84. The Morgan fingerprint density at radius 3 is 2.56 bits per heavy atom. The zero-order valence-corrected chi connectivity index (χ0v) is 33.6. The van der Waals surface area contributed by atoms with Gasteiger partial charge in [-0.3, -0.25) is 19.1 Å². The standard InChI is InChI=1S/C40H52FN5O10S/c1-24-9-5-6-10-26-19-40(26,36(49)45-57(51,52)39(22-41)13-14-39)44-33(47)30-18-27(55-34-29-12-8-7-11-28(29)31(53-4)20-42-34)21-46(30)35(48)32(25(2)17-24)43-37(50)56-38(3)15-16-54-23-38/h6-8,10-12,20,24-27,30,32H,5,9,13-19,21-23H2,1-4H3,(H,43,50)(H,44,47)(H,45,49)/b10-6-/t24-,25-,26-,27-,30+,32?,38?,40-/m1/s1. The number of nitrogens with one attached hydrogen (secondary N) is 3. The number of ether oxygens (including phenoxy) is 4. The molecule has 2 aliphatic carbocycles. The largest absolute Gasteiger partial charge is 0.494 e. The van der Waals surface area contributed by atoms with E-state index in [-0.39, 0.29) is 50.6 Å². The minimum absolute atomic E-state index is 0.0154. The maximum Gasteiger partial charge on any atom is 0.408 e. The van der Waals surface area contributed by atoms with Crippen molar-refractivity contribution in [3.8, 4) is 11.6 Å². The molecule has 3 N–H and O–H groups in total. The van der Waals surface area contributed by atoms with E-state index in [1.807, 2.05) is 43.3 Å². The first kappa shape index (κ1) is 40.7. The van der Waals surface area contributed by atoms with Gasteiger partial charge in [-0.15, -0.1) is 0 Å². The van der Waals surface area contributed by atoms with Crippen LogP contribution in [0.1, 0.15) is 72.1 Å². The number of benzene rings is 1. The molecule has 5 aliphatic rings. The van der Waals surface area contributed by atoms with Crippen molar-refractivity contribution in [3.05, 3.63) is 42.6 Å². The normalized spacial score (nSPS) is 33.1. The van der Waals surface area contributed by atoms with Crippen molar-refractivity contribution < 1.29 is 50.9 Å². The van der Waals surface area contributed by atoms with Crippen LogP contribution in [0.2, 0.25) is 0 Å². The van der Waals surface area contributed by atoms with E-state index in [9.17, 15) is 32.0 Å². The summed E-state index contributed by atoms with van der Waals surface area (Å²) in [5, 5.41) is 7.05. The second-order valence-electron chi connectivity index (χ2n) is 16.8. The van der Waals surface area contributed by atoms with E-state index >= 15 is 0 Å². The van der Waals surface area contributed by atoms with E-state index in [0.717, 1.165) is 11.8 Å². The Labute approximate surface area is 331 Å². The van der Waals surface area contributed by atoms with Crippen molar-refractivity contribution in [3.63, 3.8) is 0 Å². The molecule has 57 heavy (non-hydrogen) atoms. The van der Waals surface area contributed by atoms with Gasteiger partial charge in [0.25, 0.3) is 5.91 Å². The number of aromatic nitrogens is 1. The predicted octanol–water partition coefficient (Wildman–Crippen LogP) is 3.70. The van der Waals surface area contributed by atoms with Crippen molar-refractivity contribution in [1.29, 1.82) is 0 Å². The molecule has 0 bridgehead atoms. The Kier molecular flexibility index (Phi) is 11.2.